The average molecular weight is 470 g/mol. The van der Waals surface area contributed by atoms with Crippen molar-refractivity contribution in [2.24, 2.45) is 22.2 Å². The molecule has 2 aliphatic heterocycles. The van der Waals surface area contributed by atoms with Crippen LogP contribution in [0.1, 0.15) is 45.4 Å². The molecule has 5 unspecified atom stereocenters. The van der Waals surface area contributed by atoms with Crippen LogP contribution >= 0.6 is 0 Å². The predicted molar refractivity (Wildman–Crippen MR) is 119 cm³/mol. The second-order valence-electron chi connectivity index (χ2n) is 8.50. The maximum absolute atomic E-state index is 13.2. The molecule has 2 fully saturated rings. The SMILES string of the molecule is CC(O)C(NC(=O)C(N)CCCN=C(N)N)C(=O)N1CCCC1C(=O)N1CCCC1C(=O)O. The van der Waals surface area contributed by atoms with Gasteiger partial charge in [0, 0.05) is 19.6 Å². The number of aliphatic carboxylic acids is 1. The molecule has 0 saturated carbocycles. The summed E-state index contributed by atoms with van der Waals surface area (Å²) in [5.74, 6) is -2.77. The lowest BCUT2D eigenvalue weighted by Crippen LogP contribution is -2.59. The van der Waals surface area contributed by atoms with Gasteiger partial charge in [0.2, 0.25) is 17.7 Å². The van der Waals surface area contributed by atoms with E-state index in [2.05, 4.69) is 10.3 Å². The number of nitrogens with one attached hydrogen (secondary N) is 1. The van der Waals surface area contributed by atoms with Gasteiger partial charge in [0.1, 0.15) is 18.1 Å². The van der Waals surface area contributed by atoms with E-state index in [1.807, 2.05) is 0 Å². The summed E-state index contributed by atoms with van der Waals surface area (Å²) in [4.78, 5) is 56.7. The van der Waals surface area contributed by atoms with Gasteiger partial charge < -0.3 is 42.5 Å². The first-order valence-electron chi connectivity index (χ1n) is 11.2. The van der Waals surface area contributed by atoms with Gasteiger partial charge in [-0.15, -0.1) is 0 Å². The highest BCUT2D eigenvalue weighted by Gasteiger charge is 2.44. The van der Waals surface area contributed by atoms with Crippen LogP contribution in [0.5, 0.6) is 0 Å². The Morgan fingerprint density at radius 1 is 1.09 bits per heavy atom. The van der Waals surface area contributed by atoms with Gasteiger partial charge in [-0.2, -0.15) is 0 Å². The van der Waals surface area contributed by atoms with Crippen LogP contribution in [0.25, 0.3) is 0 Å². The van der Waals surface area contributed by atoms with E-state index < -0.39 is 54.0 Å². The Morgan fingerprint density at radius 2 is 1.70 bits per heavy atom. The minimum Gasteiger partial charge on any atom is -0.480 e. The second-order valence-corrected chi connectivity index (χ2v) is 8.50. The van der Waals surface area contributed by atoms with Gasteiger partial charge in [0.05, 0.1) is 12.1 Å². The van der Waals surface area contributed by atoms with Gasteiger partial charge in [0.15, 0.2) is 5.96 Å². The highest BCUT2D eigenvalue weighted by atomic mass is 16.4. The van der Waals surface area contributed by atoms with E-state index >= 15 is 0 Å². The maximum atomic E-state index is 13.2. The lowest BCUT2D eigenvalue weighted by molar-refractivity contribution is -0.153. The molecule has 0 spiro atoms. The van der Waals surface area contributed by atoms with Crippen LogP contribution in [0.3, 0.4) is 0 Å². The molecule has 2 heterocycles. The second kappa shape index (κ2) is 11.8. The zero-order valence-corrected chi connectivity index (χ0v) is 18.9. The average Bonchev–Trinajstić information content (AvgIpc) is 3.43. The minimum atomic E-state index is -1.29. The first-order valence-corrected chi connectivity index (χ1v) is 11.2. The van der Waals surface area contributed by atoms with Crippen molar-refractivity contribution in [1.29, 1.82) is 0 Å². The number of carbonyl (C=O) groups is 4. The largest absolute Gasteiger partial charge is 0.480 e. The van der Waals surface area contributed by atoms with Crippen molar-refractivity contribution >= 4 is 29.7 Å². The summed E-state index contributed by atoms with van der Waals surface area (Å²) in [5.41, 5.74) is 16.4. The molecule has 0 aromatic carbocycles. The summed E-state index contributed by atoms with van der Waals surface area (Å²) in [5, 5.41) is 22.0. The van der Waals surface area contributed by atoms with E-state index in [-0.39, 0.29) is 18.9 Å². The van der Waals surface area contributed by atoms with E-state index in [1.54, 1.807) is 0 Å². The summed E-state index contributed by atoms with van der Waals surface area (Å²) in [6, 6.07) is -3.96. The summed E-state index contributed by atoms with van der Waals surface area (Å²) in [6.45, 7) is 2.25. The first kappa shape index (κ1) is 26.3. The number of aliphatic imine (C=N–C) groups is 1. The highest BCUT2D eigenvalue weighted by molar-refractivity contribution is 5.95. The van der Waals surface area contributed by atoms with E-state index in [9.17, 15) is 29.4 Å². The van der Waals surface area contributed by atoms with Crippen LogP contribution in [0, 0.1) is 0 Å². The Bertz CT molecular complexity index is 770. The van der Waals surface area contributed by atoms with Gasteiger partial charge in [0.25, 0.3) is 0 Å². The van der Waals surface area contributed by atoms with E-state index in [0.29, 0.717) is 45.2 Å². The third kappa shape index (κ3) is 6.78. The molecule has 13 nitrogen and oxygen atoms in total. The number of hydrogen-bond acceptors (Lipinski definition) is 7. The fraction of sp³-hybridized carbons (Fsp3) is 0.750. The molecule has 3 amide bonds. The number of guanidine groups is 1. The molecule has 9 N–H and O–H groups in total. The van der Waals surface area contributed by atoms with Crippen molar-refractivity contribution < 1.29 is 29.4 Å². The van der Waals surface area contributed by atoms with Crippen molar-refractivity contribution in [3.05, 3.63) is 0 Å². The highest BCUT2D eigenvalue weighted by Crippen LogP contribution is 2.25. The molecule has 186 valence electrons. The number of aliphatic hydroxyl groups excluding tert-OH is 1. The Labute approximate surface area is 192 Å². The Hall–Kier alpha value is -2.93. The molecule has 0 radical (unpaired) electrons. The number of carboxylic acids is 1. The smallest absolute Gasteiger partial charge is 0.326 e. The van der Waals surface area contributed by atoms with Gasteiger partial charge in [-0.05, 0) is 45.4 Å². The van der Waals surface area contributed by atoms with Crippen LogP contribution < -0.4 is 22.5 Å². The number of likely N-dealkylation sites (tertiary alicyclic amines) is 2. The van der Waals surface area contributed by atoms with Gasteiger partial charge in [-0.1, -0.05) is 0 Å². The fourth-order valence-corrected chi connectivity index (χ4v) is 4.24. The summed E-state index contributed by atoms with van der Waals surface area (Å²) in [6.07, 6.45) is 1.37. The summed E-state index contributed by atoms with van der Waals surface area (Å²) in [7, 11) is 0. The zero-order chi connectivity index (χ0) is 24.7. The molecule has 5 atom stereocenters. The quantitative estimate of drug-likeness (QED) is 0.111. The van der Waals surface area contributed by atoms with Gasteiger partial charge in [-0.25, -0.2) is 4.79 Å². The molecule has 2 saturated heterocycles. The van der Waals surface area contributed by atoms with Crippen LogP contribution in [0.2, 0.25) is 0 Å². The molecule has 2 rings (SSSR count). The third-order valence-electron chi connectivity index (χ3n) is 5.99. The van der Waals surface area contributed by atoms with Crippen LogP contribution in [-0.4, -0.2) is 99.6 Å². The van der Waals surface area contributed by atoms with Crippen molar-refractivity contribution in [3.63, 3.8) is 0 Å². The zero-order valence-electron chi connectivity index (χ0n) is 18.9. The normalized spacial score (nSPS) is 23.0. The van der Waals surface area contributed by atoms with Gasteiger partial charge in [-0.3, -0.25) is 19.4 Å². The number of nitrogens with two attached hydrogens (primary N) is 3. The predicted octanol–water partition coefficient (Wildman–Crippen LogP) is -2.70. The molecule has 2 aliphatic rings. The molecular weight excluding hydrogens is 434 g/mol. The number of amides is 3. The molecule has 0 aromatic rings. The summed E-state index contributed by atoms with van der Waals surface area (Å²) >= 11 is 0. The fourth-order valence-electron chi connectivity index (χ4n) is 4.24. The first-order chi connectivity index (χ1) is 15.5. The molecule has 0 aromatic heterocycles. The van der Waals surface area contributed by atoms with E-state index in [4.69, 9.17) is 17.2 Å². The molecular formula is C20H35N7O6. The molecule has 0 bridgehead atoms. The lowest BCUT2D eigenvalue weighted by Gasteiger charge is -2.33. The van der Waals surface area contributed by atoms with Crippen molar-refractivity contribution in [2.75, 3.05) is 19.6 Å². The van der Waals surface area contributed by atoms with Crippen molar-refractivity contribution in [1.82, 2.24) is 15.1 Å². The Kier molecular flexibility index (Phi) is 9.41. The topological polar surface area (TPSA) is 218 Å². The number of carbonyl (C=O) groups excluding carboxylic acids is 3. The molecule has 33 heavy (non-hydrogen) atoms. The number of carboxylic acid groups (broad SMARTS) is 1. The van der Waals surface area contributed by atoms with Crippen molar-refractivity contribution in [3.8, 4) is 0 Å². The monoisotopic (exact) mass is 469 g/mol. The van der Waals surface area contributed by atoms with E-state index in [1.165, 1.54) is 16.7 Å². The number of nitrogens with zero attached hydrogens (tertiary/aromatic N) is 3. The number of rotatable bonds is 10. The van der Waals surface area contributed by atoms with Crippen molar-refractivity contribution in [2.45, 2.75) is 75.7 Å². The van der Waals surface area contributed by atoms with Crippen LogP contribution in [-0.2, 0) is 19.2 Å². The Morgan fingerprint density at radius 3 is 2.27 bits per heavy atom. The Balaban J connectivity index is 2.03. The minimum absolute atomic E-state index is 0.0638. The molecule has 13 heteroatoms. The lowest BCUT2D eigenvalue weighted by atomic mass is 10.1. The molecule has 0 aliphatic carbocycles. The van der Waals surface area contributed by atoms with E-state index in [0.717, 1.165) is 0 Å². The standard InChI is InChI=1S/C20H35N7O6/c1-11(28)15(25-16(29)12(21)5-2-8-24-20(22)23)18(31)26-9-3-6-13(26)17(30)27-10-4-7-14(27)19(32)33/h11-15,28H,2-10,21H2,1H3,(H,25,29)(H,32,33)(H4,22,23,24). The van der Waals surface area contributed by atoms with Gasteiger partial charge >= 0.3 is 5.97 Å². The van der Waals surface area contributed by atoms with Crippen LogP contribution in [0.15, 0.2) is 4.99 Å². The van der Waals surface area contributed by atoms with Crippen LogP contribution in [0.4, 0.5) is 0 Å². The third-order valence-corrected chi connectivity index (χ3v) is 5.99. The number of hydrogen-bond donors (Lipinski definition) is 6. The number of aliphatic hydroxyl groups is 1. The maximum Gasteiger partial charge on any atom is 0.326 e. The summed E-state index contributed by atoms with van der Waals surface area (Å²) < 4.78 is 0.